The van der Waals surface area contributed by atoms with Gasteiger partial charge < -0.3 is 16.8 Å². The normalized spacial score (nSPS) is 14.6. The van der Waals surface area contributed by atoms with Crippen LogP contribution in [0.2, 0.25) is 0 Å². The summed E-state index contributed by atoms with van der Waals surface area (Å²) >= 11 is 0. The van der Waals surface area contributed by atoms with Gasteiger partial charge in [-0.15, -0.1) is 0 Å². The zero-order chi connectivity index (χ0) is 18.9. The smallest absolute Gasteiger partial charge is 0.248 e. The molecular weight excluding hydrogens is 318 g/mol. The molecule has 5 N–H and O–H groups in total. The van der Waals surface area contributed by atoms with Crippen molar-refractivity contribution in [3.63, 3.8) is 0 Å². The maximum absolute atomic E-state index is 12.8. The quantitative estimate of drug-likeness (QED) is 0.406. The van der Waals surface area contributed by atoms with E-state index in [1.54, 1.807) is 20.1 Å². The highest BCUT2D eigenvalue weighted by Gasteiger charge is 2.41. The Balaban J connectivity index is 2.96. The largest absolute Gasteiger partial charge is 0.344 e. The molecule has 2 atom stereocenters. The molecule has 1 rings (SSSR count). The number of unbranched alkanes of at least 4 members (excludes halogenated alkanes) is 1. The highest BCUT2D eigenvalue weighted by molar-refractivity contribution is 6.11. The number of benzene rings is 1. The van der Waals surface area contributed by atoms with Crippen LogP contribution in [-0.2, 0) is 20.8 Å². The van der Waals surface area contributed by atoms with Crippen molar-refractivity contribution < 1.29 is 14.4 Å². The number of amides is 1. The van der Waals surface area contributed by atoms with Crippen LogP contribution in [0.3, 0.4) is 0 Å². The van der Waals surface area contributed by atoms with E-state index in [1.807, 2.05) is 30.3 Å². The van der Waals surface area contributed by atoms with E-state index in [4.69, 9.17) is 11.5 Å². The number of carbonyl (C=O) groups is 2. The van der Waals surface area contributed by atoms with Gasteiger partial charge in [-0.05, 0) is 37.3 Å². The molecule has 0 unspecified atom stereocenters. The Kier molecular flexibility index (Phi) is 8.45. The lowest BCUT2D eigenvalue weighted by Crippen LogP contribution is -2.62. The van der Waals surface area contributed by atoms with Gasteiger partial charge in [0.15, 0.2) is 11.3 Å². The van der Waals surface area contributed by atoms with Crippen LogP contribution in [0.25, 0.3) is 0 Å². The maximum Gasteiger partial charge on any atom is 0.248 e. The van der Waals surface area contributed by atoms with Gasteiger partial charge in [0.1, 0.15) is 0 Å². The van der Waals surface area contributed by atoms with Gasteiger partial charge in [0.25, 0.3) is 0 Å². The number of Topliss-reactive ketones (excluding diaryl/α,β-unsaturated/α-hetero) is 1. The van der Waals surface area contributed by atoms with Crippen LogP contribution in [0.5, 0.6) is 0 Å². The molecule has 1 aromatic carbocycles. The lowest BCUT2D eigenvalue weighted by molar-refractivity contribution is -0.136. The van der Waals surface area contributed by atoms with E-state index < -0.39 is 17.5 Å². The molecule has 0 saturated heterocycles. The summed E-state index contributed by atoms with van der Waals surface area (Å²) in [5.74, 6) is -1.15. The molecule has 25 heavy (non-hydrogen) atoms. The molecule has 0 bridgehead atoms. The summed E-state index contributed by atoms with van der Waals surface area (Å²) in [6.45, 7) is 4.03. The van der Waals surface area contributed by atoms with Crippen molar-refractivity contribution in [3.8, 4) is 0 Å². The van der Waals surface area contributed by atoms with Crippen LogP contribution in [0, 0.1) is 5.92 Å². The minimum atomic E-state index is -1.69. The highest BCUT2D eigenvalue weighted by atomic mass is 16.2. The molecule has 6 nitrogen and oxygen atoms in total. The van der Waals surface area contributed by atoms with Crippen molar-refractivity contribution >= 4 is 18.0 Å². The third-order valence-corrected chi connectivity index (χ3v) is 4.22. The summed E-state index contributed by atoms with van der Waals surface area (Å²) in [6.07, 6.45) is 3.26. The first-order chi connectivity index (χ1) is 11.8. The molecule has 0 spiro atoms. The molecule has 0 aliphatic carbocycles. The third-order valence-electron chi connectivity index (χ3n) is 4.22. The van der Waals surface area contributed by atoms with Gasteiger partial charge in [-0.3, -0.25) is 14.4 Å². The molecule has 0 fully saturated rings. The van der Waals surface area contributed by atoms with Crippen LogP contribution >= 0.6 is 0 Å². The molecule has 1 radical (unpaired) electrons. The van der Waals surface area contributed by atoms with Gasteiger partial charge in [-0.1, -0.05) is 44.2 Å². The van der Waals surface area contributed by atoms with Crippen LogP contribution in [0.15, 0.2) is 30.3 Å². The molecular formula is C19H28N3O3. The monoisotopic (exact) mass is 346 g/mol. The number of nitrogens with two attached hydrogens (primary N) is 2. The van der Waals surface area contributed by atoms with Crippen molar-refractivity contribution in [2.45, 2.75) is 51.1 Å². The predicted octanol–water partition coefficient (Wildman–Crippen LogP) is 0.875. The van der Waals surface area contributed by atoms with Gasteiger partial charge in [0, 0.05) is 6.42 Å². The standard InChI is InChI=1S/C19H28N3O3/c1-14(2)16(13-23)22-18(25)19(21,10-6-7-11-20)17(24)12-15-8-4-3-5-9-15/h3-5,8-9,14,16H,6-7,10-12,20-21H2,1-2H3,(H,22,25)/t16-,19-/m1/s1. The number of rotatable bonds is 11. The van der Waals surface area contributed by atoms with Crippen molar-refractivity contribution in [2.75, 3.05) is 6.54 Å². The molecule has 0 aromatic heterocycles. The fourth-order valence-corrected chi connectivity index (χ4v) is 2.47. The lowest BCUT2D eigenvalue weighted by Gasteiger charge is -2.29. The van der Waals surface area contributed by atoms with Crippen LogP contribution < -0.4 is 16.8 Å². The number of nitrogens with one attached hydrogen (secondary N) is 1. The molecule has 6 heteroatoms. The third kappa shape index (κ3) is 6.07. The van der Waals surface area contributed by atoms with E-state index in [0.717, 1.165) is 5.56 Å². The molecule has 0 heterocycles. The SMILES string of the molecule is CC(C)[C@@H]([C]=O)NC(=O)[C@@](N)(CCCCN)C(=O)Cc1ccccc1. The second-order valence-electron chi connectivity index (χ2n) is 6.62. The van der Waals surface area contributed by atoms with Crippen LogP contribution in [-0.4, -0.2) is 36.1 Å². The molecule has 1 amide bonds. The van der Waals surface area contributed by atoms with E-state index in [9.17, 15) is 14.4 Å². The Bertz CT molecular complexity index is 575. The fourth-order valence-electron chi connectivity index (χ4n) is 2.47. The Labute approximate surface area is 149 Å². The van der Waals surface area contributed by atoms with Crippen molar-refractivity contribution in [3.05, 3.63) is 35.9 Å². The van der Waals surface area contributed by atoms with Gasteiger partial charge in [0.2, 0.25) is 12.2 Å². The topological polar surface area (TPSA) is 115 Å². The van der Waals surface area contributed by atoms with E-state index >= 15 is 0 Å². The molecule has 0 saturated carbocycles. The molecule has 0 aliphatic heterocycles. The molecule has 0 aliphatic rings. The first-order valence-corrected chi connectivity index (χ1v) is 8.60. The van der Waals surface area contributed by atoms with E-state index in [0.29, 0.717) is 19.4 Å². The minimum Gasteiger partial charge on any atom is -0.344 e. The lowest BCUT2D eigenvalue weighted by atomic mass is 9.84. The summed E-state index contributed by atoms with van der Waals surface area (Å²) in [7, 11) is 0. The van der Waals surface area contributed by atoms with Crippen LogP contribution in [0.1, 0.15) is 38.7 Å². The second kappa shape index (κ2) is 10.1. The van der Waals surface area contributed by atoms with E-state index in [1.165, 1.54) is 0 Å². The number of hydrogen-bond acceptors (Lipinski definition) is 5. The van der Waals surface area contributed by atoms with E-state index in [2.05, 4.69) is 5.32 Å². The number of ketones is 1. The zero-order valence-corrected chi connectivity index (χ0v) is 15.0. The minimum absolute atomic E-state index is 0.0601. The van der Waals surface area contributed by atoms with Crippen molar-refractivity contribution in [1.82, 2.24) is 5.32 Å². The zero-order valence-electron chi connectivity index (χ0n) is 15.0. The fraction of sp³-hybridized carbons (Fsp3) is 0.526. The first-order valence-electron chi connectivity index (χ1n) is 8.60. The Morgan fingerprint density at radius 1 is 1.20 bits per heavy atom. The average molecular weight is 346 g/mol. The van der Waals surface area contributed by atoms with Gasteiger partial charge in [-0.2, -0.15) is 0 Å². The summed E-state index contributed by atoms with van der Waals surface area (Å²) in [4.78, 5) is 36.5. The number of carbonyl (C=O) groups excluding carboxylic acids is 3. The highest BCUT2D eigenvalue weighted by Crippen LogP contribution is 2.17. The summed E-state index contributed by atoms with van der Waals surface area (Å²) in [5.41, 5.74) is 10.8. The first kappa shape index (κ1) is 21.0. The summed E-state index contributed by atoms with van der Waals surface area (Å²) in [5, 5.41) is 2.56. The van der Waals surface area contributed by atoms with Gasteiger partial charge in [0.05, 0.1) is 6.04 Å². The van der Waals surface area contributed by atoms with Crippen LogP contribution in [0.4, 0.5) is 0 Å². The summed E-state index contributed by atoms with van der Waals surface area (Å²) < 4.78 is 0. The maximum atomic E-state index is 12.8. The Morgan fingerprint density at radius 3 is 2.36 bits per heavy atom. The molecule has 1 aromatic rings. The van der Waals surface area contributed by atoms with Crippen molar-refractivity contribution in [1.29, 1.82) is 0 Å². The number of hydrogen-bond donors (Lipinski definition) is 3. The van der Waals surface area contributed by atoms with Gasteiger partial charge in [-0.25, -0.2) is 0 Å². The predicted molar refractivity (Wildman–Crippen MR) is 97.4 cm³/mol. The average Bonchev–Trinajstić information content (AvgIpc) is 2.59. The van der Waals surface area contributed by atoms with E-state index in [-0.39, 0.29) is 24.5 Å². The Hall–Kier alpha value is -2.05. The second-order valence-corrected chi connectivity index (χ2v) is 6.62. The molecule has 137 valence electrons. The Morgan fingerprint density at radius 2 is 1.84 bits per heavy atom. The van der Waals surface area contributed by atoms with Gasteiger partial charge >= 0.3 is 0 Å². The summed E-state index contributed by atoms with van der Waals surface area (Å²) in [6, 6.07) is 8.33. The van der Waals surface area contributed by atoms with Crippen molar-refractivity contribution in [2.24, 2.45) is 17.4 Å².